The molecule has 0 aliphatic heterocycles. The van der Waals surface area contributed by atoms with Gasteiger partial charge in [-0.15, -0.1) is 10.2 Å². The summed E-state index contributed by atoms with van der Waals surface area (Å²) in [5, 5.41) is 16.9. The molecule has 0 saturated carbocycles. The summed E-state index contributed by atoms with van der Waals surface area (Å²) in [7, 11) is 0. The van der Waals surface area contributed by atoms with Crippen LogP contribution < -0.4 is 0 Å². The van der Waals surface area contributed by atoms with E-state index in [4.69, 9.17) is 10.2 Å². The molecule has 6 nitrogen and oxygen atoms in total. The number of aromatic nitrogens is 6. The summed E-state index contributed by atoms with van der Waals surface area (Å²) >= 11 is 0. The molecular formula is C62H40N6. The van der Waals surface area contributed by atoms with Crippen LogP contribution in [0, 0.1) is 0 Å². The van der Waals surface area contributed by atoms with Crippen LogP contribution in [0.15, 0.2) is 243 Å². The molecule has 68 heavy (non-hydrogen) atoms. The van der Waals surface area contributed by atoms with Crippen molar-refractivity contribution in [3.8, 4) is 56.7 Å². The Kier molecular flexibility index (Phi) is 8.48. The highest BCUT2D eigenvalue weighted by atomic mass is 15.3. The Hall–Kier alpha value is -9.26. The molecule has 6 heteroatoms. The molecule has 318 valence electrons. The fraction of sp³-hybridized carbons (Fsp3) is 0. The maximum atomic E-state index is 4.87. The number of nitrogens with zero attached hydrogens (tertiary/aromatic N) is 6. The van der Waals surface area contributed by atoms with E-state index < -0.39 is 0 Å². The standard InChI is InChI=1S/C62H40N6/c1-4-21-41(22-5-1)61-63-64-62(42-23-6-2-7-24-42)68(61)56-38-20-37-55-58(56)48-30-13-18-35-53(48)66(55)51-33-16-10-27-44(51)45-28-11-17-34-52(45)67-54-36-19-14-31-49(54)59-57(67)40-39-47-46-29-12-15-32-50(46)65(60(47)59)43-25-8-3-9-26-43/h1-40H. The average Bonchev–Trinajstić information content (AvgIpc) is 4.18. The molecule has 0 unspecified atom stereocenters. The summed E-state index contributed by atoms with van der Waals surface area (Å²) in [6.45, 7) is 0. The lowest BCUT2D eigenvalue weighted by molar-refractivity contribution is 1.08. The lowest BCUT2D eigenvalue weighted by atomic mass is 10.0. The van der Waals surface area contributed by atoms with Gasteiger partial charge in [0, 0.05) is 60.3 Å². The Morgan fingerprint density at radius 3 is 1.26 bits per heavy atom. The van der Waals surface area contributed by atoms with E-state index in [0.717, 1.165) is 89.5 Å². The maximum absolute atomic E-state index is 4.87. The molecule has 10 aromatic carbocycles. The van der Waals surface area contributed by atoms with Gasteiger partial charge in [-0.3, -0.25) is 4.57 Å². The molecule has 0 fully saturated rings. The second-order valence-electron chi connectivity index (χ2n) is 17.4. The number of fused-ring (bicyclic) bond motifs is 10. The van der Waals surface area contributed by atoms with Crippen molar-refractivity contribution in [3.05, 3.63) is 243 Å². The zero-order valence-electron chi connectivity index (χ0n) is 36.8. The third kappa shape index (κ3) is 5.58. The molecule has 0 spiro atoms. The van der Waals surface area contributed by atoms with Gasteiger partial charge in [0.15, 0.2) is 11.6 Å². The zero-order valence-corrected chi connectivity index (χ0v) is 36.8. The molecule has 0 N–H and O–H groups in total. The Bertz CT molecular complexity index is 4190. The van der Waals surface area contributed by atoms with Crippen molar-refractivity contribution in [2.45, 2.75) is 0 Å². The van der Waals surface area contributed by atoms with Gasteiger partial charge in [0.25, 0.3) is 0 Å². The van der Waals surface area contributed by atoms with E-state index in [0.29, 0.717) is 0 Å². The van der Waals surface area contributed by atoms with Crippen molar-refractivity contribution in [2.24, 2.45) is 0 Å². The Balaban J connectivity index is 1.03. The lowest BCUT2D eigenvalue weighted by Crippen LogP contribution is -2.02. The van der Waals surface area contributed by atoms with Crippen molar-refractivity contribution < 1.29 is 0 Å². The lowest BCUT2D eigenvalue weighted by Gasteiger charge is -2.18. The van der Waals surface area contributed by atoms with Crippen LogP contribution >= 0.6 is 0 Å². The fourth-order valence-corrected chi connectivity index (χ4v) is 10.9. The van der Waals surface area contributed by atoms with Crippen molar-refractivity contribution in [1.29, 1.82) is 0 Å². The molecule has 0 radical (unpaired) electrons. The summed E-state index contributed by atoms with van der Waals surface area (Å²) < 4.78 is 9.62. The summed E-state index contributed by atoms with van der Waals surface area (Å²) in [4.78, 5) is 0. The third-order valence-corrected chi connectivity index (χ3v) is 13.7. The highest BCUT2D eigenvalue weighted by Gasteiger charge is 2.26. The van der Waals surface area contributed by atoms with Gasteiger partial charge in [-0.2, -0.15) is 0 Å². The predicted molar refractivity (Wildman–Crippen MR) is 281 cm³/mol. The summed E-state index contributed by atoms with van der Waals surface area (Å²) in [6.07, 6.45) is 0. The van der Waals surface area contributed by atoms with Gasteiger partial charge in [-0.1, -0.05) is 182 Å². The molecule has 0 aliphatic rings. The number of benzene rings is 10. The van der Waals surface area contributed by atoms with Crippen LogP contribution in [0.4, 0.5) is 0 Å². The highest BCUT2D eigenvalue weighted by molar-refractivity contribution is 6.26. The Morgan fingerprint density at radius 1 is 0.250 bits per heavy atom. The first-order valence-electron chi connectivity index (χ1n) is 23.1. The molecule has 0 amide bonds. The fourth-order valence-electron chi connectivity index (χ4n) is 10.9. The van der Waals surface area contributed by atoms with Crippen molar-refractivity contribution >= 4 is 65.4 Å². The molecule has 0 atom stereocenters. The third-order valence-electron chi connectivity index (χ3n) is 13.7. The molecule has 14 rings (SSSR count). The van der Waals surface area contributed by atoms with Gasteiger partial charge < -0.3 is 13.7 Å². The highest BCUT2D eigenvalue weighted by Crippen LogP contribution is 2.45. The van der Waals surface area contributed by atoms with E-state index in [1.807, 2.05) is 12.1 Å². The number of rotatable bonds is 7. The molecular weight excluding hydrogens is 829 g/mol. The molecule has 0 saturated heterocycles. The van der Waals surface area contributed by atoms with Crippen molar-refractivity contribution in [1.82, 2.24) is 28.5 Å². The molecule has 14 aromatic rings. The number of para-hydroxylation sites is 6. The Morgan fingerprint density at radius 2 is 0.676 bits per heavy atom. The smallest absolute Gasteiger partial charge is 0.168 e. The van der Waals surface area contributed by atoms with E-state index in [1.165, 1.54) is 32.6 Å². The van der Waals surface area contributed by atoms with E-state index >= 15 is 0 Å². The monoisotopic (exact) mass is 868 g/mol. The second kappa shape index (κ2) is 15.2. The van der Waals surface area contributed by atoms with Gasteiger partial charge >= 0.3 is 0 Å². The van der Waals surface area contributed by atoms with Crippen LogP contribution in [-0.2, 0) is 0 Å². The van der Waals surface area contributed by atoms with Crippen LogP contribution in [0.25, 0.3) is 122 Å². The Labute approximate surface area is 391 Å². The number of hydrogen-bond donors (Lipinski definition) is 0. The quantitative estimate of drug-likeness (QED) is 0.160. The topological polar surface area (TPSA) is 45.5 Å². The molecule has 0 bridgehead atoms. The van der Waals surface area contributed by atoms with Crippen molar-refractivity contribution in [2.75, 3.05) is 0 Å². The van der Waals surface area contributed by atoms with E-state index in [1.54, 1.807) is 0 Å². The maximum Gasteiger partial charge on any atom is 0.168 e. The first kappa shape index (κ1) is 38.1. The van der Waals surface area contributed by atoms with E-state index in [2.05, 4.69) is 249 Å². The largest absolute Gasteiger partial charge is 0.309 e. The van der Waals surface area contributed by atoms with Crippen LogP contribution in [0.1, 0.15) is 0 Å². The molecule has 4 heterocycles. The van der Waals surface area contributed by atoms with Crippen LogP contribution in [0.5, 0.6) is 0 Å². The first-order valence-corrected chi connectivity index (χ1v) is 23.1. The number of hydrogen-bond acceptors (Lipinski definition) is 2. The molecule has 0 aliphatic carbocycles. The van der Waals surface area contributed by atoms with Crippen LogP contribution in [-0.4, -0.2) is 28.5 Å². The summed E-state index contributed by atoms with van der Waals surface area (Å²) in [6, 6.07) is 87.0. The molecule has 4 aromatic heterocycles. The predicted octanol–water partition coefficient (Wildman–Crippen LogP) is 15.6. The first-order chi connectivity index (χ1) is 33.8. The van der Waals surface area contributed by atoms with Crippen LogP contribution in [0.2, 0.25) is 0 Å². The SMILES string of the molecule is c1ccc(-c2nnc(-c3ccccc3)n2-c2cccc3c2c2ccccc2n3-c2ccccc2-c2ccccc2-n2c3ccccc3c3c2ccc2c4ccccc4n(-c4ccccc4)c23)cc1. The van der Waals surface area contributed by atoms with Crippen molar-refractivity contribution in [3.63, 3.8) is 0 Å². The normalized spacial score (nSPS) is 11.8. The van der Waals surface area contributed by atoms with Gasteiger partial charge in [-0.25, -0.2) is 0 Å². The van der Waals surface area contributed by atoms with Crippen LogP contribution in [0.3, 0.4) is 0 Å². The van der Waals surface area contributed by atoms with Gasteiger partial charge in [0.1, 0.15) is 0 Å². The van der Waals surface area contributed by atoms with E-state index in [9.17, 15) is 0 Å². The summed E-state index contributed by atoms with van der Waals surface area (Å²) in [5.74, 6) is 1.58. The van der Waals surface area contributed by atoms with E-state index in [-0.39, 0.29) is 0 Å². The van der Waals surface area contributed by atoms with Gasteiger partial charge in [0.2, 0.25) is 0 Å². The average molecular weight is 869 g/mol. The minimum Gasteiger partial charge on any atom is -0.309 e. The zero-order chi connectivity index (χ0) is 44.7. The van der Waals surface area contributed by atoms with Gasteiger partial charge in [0.05, 0.1) is 50.2 Å². The second-order valence-corrected chi connectivity index (χ2v) is 17.4. The minimum absolute atomic E-state index is 0.788. The minimum atomic E-state index is 0.788. The van der Waals surface area contributed by atoms with Gasteiger partial charge in [-0.05, 0) is 60.7 Å². The summed E-state index contributed by atoms with van der Waals surface area (Å²) in [5.41, 5.74) is 15.5.